The summed E-state index contributed by atoms with van der Waals surface area (Å²) in [6, 6.07) is 0. The van der Waals surface area contributed by atoms with Gasteiger partial charge in [-0.05, 0) is 0 Å². The Morgan fingerprint density at radius 3 is 3.00 bits per heavy atom. The molecule has 2 unspecified atom stereocenters. The van der Waals surface area contributed by atoms with Crippen molar-refractivity contribution in [1.29, 1.82) is 0 Å². The molecule has 3 heteroatoms. The molecule has 0 spiro atoms. The Kier molecular flexibility index (Phi) is 1.08. The van der Waals surface area contributed by atoms with Gasteiger partial charge in [-0.2, -0.15) is 0 Å². The molecule has 2 aliphatic heterocycles. The van der Waals surface area contributed by atoms with Gasteiger partial charge in [0, 0.05) is 5.57 Å². The van der Waals surface area contributed by atoms with Gasteiger partial charge in [0.1, 0.15) is 6.10 Å². The van der Waals surface area contributed by atoms with Crippen LogP contribution in [-0.2, 0) is 14.3 Å². The highest BCUT2D eigenvalue weighted by atomic mass is 16.6. The van der Waals surface area contributed by atoms with E-state index in [4.69, 9.17) is 9.47 Å². The molecule has 2 heterocycles. The van der Waals surface area contributed by atoms with Gasteiger partial charge in [0.05, 0.1) is 19.1 Å². The average Bonchev–Trinajstić information content (AvgIpc) is 2.41. The second-order valence-corrected chi connectivity index (χ2v) is 2.61. The molecule has 0 bridgehead atoms. The zero-order chi connectivity index (χ0) is 7.14. The lowest BCUT2D eigenvalue weighted by molar-refractivity contribution is -0.139. The highest BCUT2D eigenvalue weighted by Gasteiger charge is 2.42. The second-order valence-electron chi connectivity index (χ2n) is 2.61. The summed E-state index contributed by atoms with van der Waals surface area (Å²) in [5, 5.41) is 0. The van der Waals surface area contributed by atoms with Crippen LogP contribution in [-0.4, -0.2) is 25.3 Å². The highest BCUT2D eigenvalue weighted by Crippen LogP contribution is 2.30. The van der Waals surface area contributed by atoms with Gasteiger partial charge in [0.15, 0.2) is 0 Å². The Bertz CT molecular complexity index is 197. The first kappa shape index (κ1) is 5.92. The molecular weight excluding hydrogens is 132 g/mol. The first-order chi connectivity index (χ1) is 4.79. The van der Waals surface area contributed by atoms with E-state index in [1.165, 1.54) is 0 Å². The minimum atomic E-state index is -0.252. The van der Waals surface area contributed by atoms with Gasteiger partial charge in [0.25, 0.3) is 0 Å². The molecule has 0 N–H and O–H groups in total. The third-order valence-corrected chi connectivity index (χ3v) is 2.00. The maximum atomic E-state index is 10.8. The van der Waals surface area contributed by atoms with E-state index in [1.54, 1.807) is 0 Å². The van der Waals surface area contributed by atoms with Crippen LogP contribution in [0.4, 0.5) is 0 Å². The smallest absolute Gasteiger partial charge is 0.334 e. The third-order valence-electron chi connectivity index (χ3n) is 2.00. The minimum absolute atomic E-state index is 0.0417. The van der Waals surface area contributed by atoms with Crippen molar-refractivity contribution < 1.29 is 14.3 Å². The number of ether oxygens (including phenoxy) is 2. The quantitative estimate of drug-likeness (QED) is 0.354. The number of hydrogen-bond donors (Lipinski definition) is 0. The van der Waals surface area contributed by atoms with Gasteiger partial charge >= 0.3 is 5.97 Å². The van der Waals surface area contributed by atoms with E-state index in [2.05, 4.69) is 6.58 Å². The van der Waals surface area contributed by atoms with E-state index in [-0.39, 0.29) is 18.0 Å². The minimum Gasteiger partial charge on any atom is -0.456 e. The number of rotatable bonds is 0. The third kappa shape index (κ3) is 0.609. The van der Waals surface area contributed by atoms with Crippen LogP contribution >= 0.6 is 0 Å². The van der Waals surface area contributed by atoms with Crippen molar-refractivity contribution in [2.45, 2.75) is 6.10 Å². The summed E-state index contributed by atoms with van der Waals surface area (Å²) < 4.78 is 10.0. The van der Waals surface area contributed by atoms with Crippen molar-refractivity contribution in [3.05, 3.63) is 12.2 Å². The number of fused-ring (bicyclic) bond motifs is 1. The number of carbonyl (C=O) groups excluding carboxylic acids is 1. The normalized spacial score (nSPS) is 38.0. The Morgan fingerprint density at radius 1 is 1.50 bits per heavy atom. The Balaban J connectivity index is 2.24. The molecule has 0 amide bonds. The molecule has 0 saturated carbocycles. The first-order valence-electron chi connectivity index (χ1n) is 3.26. The Hall–Kier alpha value is -0.830. The molecule has 0 aromatic carbocycles. The van der Waals surface area contributed by atoms with Crippen LogP contribution in [0.3, 0.4) is 0 Å². The van der Waals surface area contributed by atoms with E-state index >= 15 is 0 Å². The summed E-state index contributed by atoms with van der Waals surface area (Å²) in [4.78, 5) is 10.8. The van der Waals surface area contributed by atoms with Crippen LogP contribution in [0.2, 0.25) is 0 Å². The van der Waals surface area contributed by atoms with Crippen molar-refractivity contribution >= 4 is 5.97 Å². The highest BCUT2D eigenvalue weighted by molar-refractivity contribution is 5.90. The lowest BCUT2D eigenvalue weighted by Crippen LogP contribution is -2.12. The summed E-state index contributed by atoms with van der Waals surface area (Å²) in [5.41, 5.74) is 0.572. The Labute approximate surface area is 58.6 Å². The zero-order valence-electron chi connectivity index (χ0n) is 5.50. The van der Waals surface area contributed by atoms with E-state index in [0.717, 1.165) is 0 Å². The Morgan fingerprint density at radius 2 is 2.30 bits per heavy atom. The van der Waals surface area contributed by atoms with Crippen molar-refractivity contribution in [2.24, 2.45) is 5.92 Å². The molecule has 0 aliphatic carbocycles. The summed E-state index contributed by atoms with van der Waals surface area (Å²) in [6.45, 7) is 4.75. The molecule has 54 valence electrons. The van der Waals surface area contributed by atoms with Crippen molar-refractivity contribution in [2.75, 3.05) is 13.2 Å². The van der Waals surface area contributed by atoms with Crippen LogP contribution in [0, 0.1) is 5.92 Å². The van der Waals surface area contributed by atoms with Gasteiger partial charge in [0.2, 0.25) is 0 Å². The molecule has 2 atom stereocenters. The molecule has 2 saturated heterocycles. The zero-order valence-corrected chi connectivity index (χ0v) is 5.50. The topological polar surface area (TPSA) is 35.5 Å². The molecular formula is C7H8O3. The average molecular weight is 140 g/mol. The van der Waals surface area contributed by atoms with E-state index < -0.39 is 0 Å². The number of carbonyl (C=O) groups is 1. The predicted molar refractivity (Wildman–Crippen MR) is 33.3 cm³/mol. The monoisotopic (exact) mass is 140 g/mol. The fourth-order valence-electron chi connectivity index (χ4n) is 1.34. The van der Waals surface area contributed by atoms with Gasteiger partial charge < -0.3 is 9.47 Å². The predicted octanol–water partition coefficient (Wildman–Crippen LogP) is 0.114. The summed E-state index contributed by atoms with van der Waals surface area (Å²) in [6.07, 6.45) is -0.0417. The number of esters is 1. The SMILES string of the molecule is C=C1C(=O)OC2COCC12. The molecule has 0 aromatic heterocycles. The maximum Gasteiger partial charge on any atom is 0.334 e. The van der Waals surface area contributed by atoms with Crippen molar-refractivity contribution in [1.82, 2.24) is 0 Å². The van der Waals surface area contributed by atoms with Crippen LogP contribution in [0.25, 0.3) is 0 Å². The summed E-state index contributed by atoms with van der Waals surface area (Å²) in [5.74, 6) is -0.120. The molecule has 2 fully saturated rings. The lowest BCUT2D eigenvalue weighted by Gasteiger charge is -2.00. The number of hydrogen-bond acceptors (Lipinski definition) is 3. The molecule has 10 heavy (non-hydrogen) atoms. The van der Waals surface area contributed by atoms with Crippen LogP contribution in [0.15, 0.2) is 12.2 Å². The maximum absolute atomic E-state index is 10.8. The van der Waals surface area contributed by atoms with Gasteiger partial charge in [-0.15, -0.1) is 0 Å². The molecule has 0 aromatic rings. The fraction of sp³-hybridized carbons (Fsp3) is 0.571. The molecule has 3 nitrogen and oxygen atoms in total. The van der Waals surface area contributed by atoms with Gasteiger partial charge in [-0.3, -0.25) is 0 Å². The standard InChI is InChI=1S/C7H8O3/c1-4-5-2-9-3-6(5)10-7(4)8/h5-6H,1-3H2. The second kappa shape index (κ2) is 1.83. The van der Waals surface area contributed by atoms with E-state index in [1.807, 2.05) is 0 Å². The first-order valence-corrected chi connectivity index (χ1v) is 3.26. The molecule has 2 aliphatic rings. The van der Waals surface area contributed by atoms with E-state index in [0.29, 0.717) is 18.8 Å². The van der Waals surface area contributed by atoms with Gasteiger partial charge in [-0.1, -0.05) is 6.58 Å². The largest absolute Gasteiger partial charge is 0.456 e. The molecule has 0 radical (unpaired) electrons. The van der Waals surface area contributed by atoms with E-state index in [9.17, 15) is 4.79 Å². The van der Waals surface area contributed by atoms with Crippen molar-refractivity contribution in [3.8, 4) is 0 Å². The summed E-state index contributed by atoms with van der Waals surface area (Å²) in [7, 11) is 0. The lowest BCUT2D eigenvalue weighted by atomic mass is 10.0. The van der Waals surface area contributed by atoms with Crippen molar-refractivity contribution in [3.63, 3.8) is 0 Å². The molecule has 2 rings (SSSR count). The van der Waals surface area contributed by atoms with Crippen LogP contribution in [0.5, 0.6) is 0 Å². The van der Waals surface area contributed by atoms with Gasteiger partial charge in [-0.25, -0.2) is 4.79 Å². The van der Waals surface area contributed by atoms with Crippen LogP contribution < -0.4 is 0 Å². The van der Waals surface area contributed by atoms with Crippen LogP contribution in [0.1, 0.15) is 0 Å². The summed E-state index contributed by atoms with van der Waals surface area (Å²) >= 11 is 0. The fourth-order valence-corrected chi connectivity index (χ4v) is 1.34.